The fourth-order valence-corrected chi connectivity index (χ4v) is 1.98. The van der Waals surface area contributed by atoms with Crippen molar-refractivity contribution in [3.05, 3.63) is 0 Å². The van der Waals surface area contributed by atoms with Gasteiger partial charge < -0.3 is 15.4 Å². The second kappa shape index (κ2) is 10.1. The molecule has 1 aliphatic rings. The number of hydrogen-bond acceptors (Lipinski definition) is 2. The minimum atomic E-state index is 0.477. The smallest absolute Gasteiger partial charge is 0.191 e. The molecule has 0 aromatic heterocycles. The number of aliphatic imine (C=N–C) groups is 1. The van der Waals surface area contributed by atoms with Gasteiger partial charge in [0.05, 0.1) is 6.61 Å². The predicted octanol–water partition coefficient (Wildman–Crippen LogP) is 2.55. The maximum Gasteiger partial charge on any atom is 0.191 e. The zero-order valence-electron chi connectivity index (χ0n) is 12.9. The molecule has 0 saturated heterocycles. The highest BCUT2D eigenvalue weighted by molar-refractivity contribution is 5.79. The molecule has 0 bridgehead atoms. The topological polar surface area (TPSA) is 45.7 Å². The number of unbranched alkanes of at least 4 members (excludes halogenated alkanes) is 2. The van der Waals surface area contributed by atoms with E-state index in [9.17, 15) is 0 Å². The van der Waals surface area contributed by atoms with Crippen LogP contribution in [-0.4, -0.2) is 38.8 Å². The van der Waals surface area contributed by atoms with Gasteiger partial charge in [-0.1, -0.05) is 26.2 Å². The Morgan fingerprint density at radius 2 is 2.16 bits per heavy atom. The second-order valence-corrected chi connectivity index (χ2v) is 5.56. The number of rotatable bonds is 10. The summed E-state index contributed by atoms with van der Waals surface area (Å²) in [4.78, 5) is 4.24. The summed E-state index contributed by atoms with van der Waals surface area (Å²) in [5.74, 6) is 1.73. The Morgan fingerprint density at radius 3 is 2.79 bits per heavy atom. The Labute approximate surface area is 118 Å². The van der Waals surface area contributed by atoms with Crippen LogP contribution in [0.25, 0.3) is 0 Å². The summed E-state index contributed by atoms with van der Waals surface area (Å²) in [6.45, 7) is 6.98. The summed E-state index contributed by atoms with van der Waals surface area (Å²) in [6, 6.07) is 0.477. The molecular formula is C15H31N3O. The first-order valence-corrected chi connectivity index (χ1v) is 7.81. The van der Waals surface area contributed by atoms with Gasteiger partial charge in [0.2, 0.25) is 0 Å². The minimum absolute atomic E-state index is 0.477. The first kappa shape index (κ1) is 16.3. The maximum atomic E-state index is 5.59. The quantitative estimate of drug-likeness (QED) is 0.364. The van der Waals surface area contributed by atoms with Crippen molar-refractivity contribution in [3.8, 4) is 0 Å². The van der Waals surface area contributed by atoms with Crippen LogP contribution in [0.5, 0.6) is 0 Å². The van der Waals surface area contributed by atoms with Crippen molar-refractivity contribution in [2.24, 2.45) is 10.9 Å². The Morgan fingerprint density at radius 1 is 1.37 bits per heavy atom. The summed E-state index contributed by atoms with van der Waals surface area (Å²) >= 11 is 0. The summed E-state index contributed by atoms with van der Waals surface area (Å²) in [5, 5.41) is 6.72. The van der Waals surface area contributed by atoms with Gasteiger partial charge in [-0.2, -0.15) is 0 Å². The first-order valence-electron chi connectivity index (χ1n) is 7.81. The van der Waals surface area contributed by atoms with E-state index in [2.05, 4.69) is 29.5 Å². The normalized spacial score (nSPS) is 17.3. The van der Waals surface area contributed by atoms with E-state index in [0.29, 0.717) is 6.04 Å². The summed E-state index contributed by atoms with van der Waals surface area (Å²) in [6.07, 6.45) is 7.78. The lowest BCUT2D eigenvalue weighted by molar-refractivity contribution is 0.129. The summed E-state index contributed by atoms with van der Waals surface area (Å²) in [7, 11) is 1.82. The molecule has 0 aliphatic heterocycles. The van der Waals surface area contributed by atoms with Crippen molar-refractivity contribution < 1.29 is 4.74 Å². The van der Waals surface area contributed by atoms with E-state index in [1.807, 2.05) is 7.05 Å². The number of nitrogens with zero attached hydrogens (tertiary/aromatic N) is 1. The minimum Gasteiger partial charge on any atom is -0.379 e. The summed E-state index contributed by atoms with van der Waals surface area (Å²) in [5.41, 5.74) is 0. The predicted molar refractivity (Wildman–Crippen MR) is 81.6 cm³/mol. The van der Waals surface area contributed by atoms with Crippen molar-refractivity contribution >= 4 is 5.96 Å². The molecule has 4 heteroatoms. The van der Waals surface area contributed by atoms with Crippen molar-refractivity contribution in [2.75, 3.05) is 26.8 Å². The van der Waals surface area contributed by atoms with Crippen LogP contribution in [0.15, 0.2) is 4.99 Å². The molecule has 19 heavy (non-hydrogen) atoms. The van der Waals surface area contributed by atoms with E-state index >= 15 is 0 Å². The van der Waals surface area contributed by atoms with Gasteiger partial charge in [-0.15, -0.1) is 0 Å². The van der Waals surface area contributed by atoms with E-state index in [1.165, 1.54) is 38.5 Å². The van der Waals surface area contributed by atoms with Crippen molar-refractivity contribution in [1.29, 1.82) is 0 Å². The lowest BCUT2D eigenvalue weighted by atomic mass is 10.1. The van der Waals surface area contributed by atoms with E-state index in [1.54, 1.807) is 0 Å². The standard InChI is InChI=1S/C15H31N3O/c1-4-5-6-7-13(2)18-15(16-3)17-10-11-19-12-14-8-9-14/h13-14H,4-12H2,1-3H3,(H2,16,17,18). The van der Waals surface area contributed by atoms with Gasteiger partial charge in [-0.25, -0.2) is 0 Å². The van der Waals surface area contributed by atoms with Crippen LogP contribution in [0.2, 0.25) is 0 Å². The molecule has 0 aromatic carbocycles. The third-order valence-electron chi connectivity index (χ3n) is 3.44. The molecule has 1 atom stereocenters. The highest BCUT2D eigenvalue weighted by Gasteiger charge is 2.20. The number of ether oxygens (including phenoxy) is 1. The zero-order valence-corrected chi connectivity index (χ0v) is 12.9. The van der Waals surface area contributed by atoms with Gasteiger partial charge >= 0.3 is 0 Å². The fourth-order valence-electron chi connectivity index (χ4n) is 1.98. The lowest BCUT2D eigenvalue weighted by Gasteiger charge is -2.17. The van der Waals surface area contributed by atoms with Crippen LogP contribution in [0, 0.1) is 5.92 Å². The van der Waals surface area contributed by atoms with E-state index in [-0.39, 0.29) is 0 Å². The molecule has 1 unspecified atom stereocenters. The highest BCUT2D eigenvalue weighted by Crippen LogP contribution is 2.28. The van der Waals surface area contributed by atoms with Crippen molar-refractivity contribution in [3.63, 3.8) is 0 Å². The maximum absolute atomic E-state index is 5.59. The van der Waals surface area contributed by atoms with Crippen molar-refractivity contribution in [2.45, 2.75) is 58.4 Å². The average molecular weight is 269 g/mol. The molecule has 1 aliphatic carbocycles. The van der Waals surface area contributed by atoms with Crippen molar-refractivity contribution in [1.82, 2.24) is 10.6 Å². The largest absolute Gasteiger partial charge is 0.379 e. The Hall–Kier alpha value is -0.770. The van der Waals surface area contributed by atoms with E-state index in [0.717, 1.165) is 31.6 Å². The Bertz CT molecular complexity index is 252. The van der Waals surface area contributed by atoms with Gasteiger partial charge in [0.1, 0.15) is 0 Å². The molecule has 1 rings (SSSR count). The van der Waals surface area contributed by atoms with Gasteiger partial charge in [-0.05, 0) is 32.1 Å². The molecule has 0 aromatic rings. The van der Waals surface area contributed by atoms with Gasteiger partial charge in [0, 0.05) is 26.2 Å². The molecule has 0 spiro atoms. The second-order valence-electron chi connectivity index (χ2n) is 5.56. The first-order chi connectivity index (χ1) is 9.26. The van der Waals surface area contributed by atoms with Crippen LogP contribution in [-0.2, 0) is 4.74 Å². The van der Waals surface area contributed by atoms with E-state index in [4.69, 9.17) is 4.74 Å². The average Bonchev–Trinajstić information content (AvgIpc) is 3.21. The third kappa shape index (κ3) is 8.87. The molecular weight excluding hydrogens is 238 g/mol. The SMILES string of the molecule is CCCCCC(C)NC(=NC)NCCOCC1CC1. The van der Waals surface area contributed by atoms with Gasteiger partial charge in [-0.3, -0.25) is 4.99 Å². The molecule has 4 nitrogen and oxygen atoms in total. The van der Waals surface area contributed by atoms with E-state index < -0.39 is 0 Å². The summed E-state index contributed by atoms with van der Waals surface area (Å²) < 4.78 is 5.59. The molecule has 1 fully saturated rings. The monoisotopic (exact) mass is 269 g/mol. The molecule has 0 radical (unpaired) electrons. The third-order valence-corrected chi connectivity index (χ3v) is 3.44. The van der Waals surface area contributed by atoms with Crippen LogP contribution >= 0.6 is 0 Å². The van der Waals surface area contributed by atoms with Gasteiger partial charge in [0.25, 0.3) is 0 Å². The van der Waals surface area contributed by atoms with Crippen LogP contribution in [0.4, 0.5) is 0 Å². The number of nitrogens with one attached hydrogen (secondary N) is 2. The molecule has 1 saturated carbocycles. The van der Waals surface area contributed by atoms with Gasteiger partial charge in [0.15, 0.2) is 5.96 Å². The van der Waals surface area contributed by atoms with Crippen LogP contribution < -0.4 is 10.6 Å². The highest BCUT2D eigenvalue weighted by atomic mass is 16.5. The molecule has 0 amide bonds. The fraction of sp³-hybridized carbons (Fsp3) is 0.933. The number of hydrogen-bond donors (Lipinski definition) is 2. The Balaban J connectivity index is 2.00. The van der Waals surface area contributed by atoms with Crippen LogP contribution in [0.1, 0.15) is 52.4 Å². The molecule has 2 N–H and O–H groups in total. The zero-order chi connectivity index (χ0) is 13.9. The molecule has 112 valence electrons. The molecule has 0 heterocycles. The Kier molecular flexibility index (Phi) is 8.63. The van der Waals surface area contributed by atoms with Crippen LogP contribution in [0.3, 0.4) is 0 Å². The number of guanidine groups is 1. The lowest BCUT2D eigenvalue weighted by Crippen LogP contribution is -2.43.